The molecule has 0 aliphatic rings. The van der Waals surface area contributed by atoms with Crippen molar-refractivity contribution in [2.75, 3.05) is 40.9 Å². The first-order valence-electron chi connectivity index (χ1n) is 24.1. The van der Waals surface area contributed by atoms with E-state index < -0.39 is 20.0 Å². The number of phosphoric ester groups is 1. The third kappa shape index (κ3) is 41.4. The Morgan fingerprint density at radius 1 is 0.607 bits per heavy atom. The first-order valence-corrected chi connectivity index (χ1v) is 25.5. The summed E-state index contributed by atoms with van der Waals surface area (Å²) < 4.78 is 23.2. The Morgan fingerprint density at radius 2 is 0.964 bits per heavy atom. The second-order valence-electron chi connectivity index (χ2n) is 17.8. The maximum Gasteiger partial charge on any atom is 0.268 e. The number of rotatable bonds is 44. The number of hydrogen-bond acceptors (Lipinski definition) is 6. The minimum atomic E-state index is -4.58. The van der Waals surface area contributed by atoms with E-state index in [1.165, 1.54) is 173 Å². The highest BCUT2D eigenvalue weighted by atomic mass is 31.2. The minimum Gasteiger partial charge on any atom is -0.756 e. The van der Waals surface area contributed by atoms with Crippen molar-refractivity contribution in [1.82, 2.24) is 5.32 Å². The highest BCUT2D eigenvalue weighted by Crippen LogP contribution is 2.38. The van der Waals surface area contributed by atoms with Crippen LogP contribution in [0.15, 0.2) is 12.2 Å². The van der Waals surface area contributed by atoms with Gasteiger partial charge < -0.3 is 28.8 Å². The zero-order valence-electron chi connectivity index (χ0n) is 37.9. The molecule has 8 nitrogen and oxygen atoms in total. The van der Waals surface area contributed by atoms with Crippen molar-refractivity contribution in [2.24, 2.45) is 0 Å². The molecular weight excluding hydrogens is 719 g/mol. The van der Waals surface area contributed by atoms with E-state index in [0.29, 0.717) is 17.4 Å². The Morgan fingerprint density at radius 3 is 1.34 bits per heavy atom. The van der Waals surface area contributed by atoms with Crippen molar-refractivity contribution < 1.29 is 32.9 Å². The van der Waals surface area contributed by atoms with Crippen molar-refractivity contribution in [3.63, 3.8) is 0 Å². The molecule has 0 heterocycles. The van der Waals surface area contributed by atoms with Crippen molar-refractivity contribution >= 4 is 13.7 Å². The molecule has 0 aromatic carbocycles. The molecule has 0 radical (unpaired) electrons. The molecule has 0 aliphatic carbocycles. The quantitative estimate of drug-likeness (QED) is 0.0274. The molecule has 0 fully saturated rings. The van der Waals surface area contributed by atoms with Crippen molar-refractivity contribution in [3.8, 4) is 0 Å². The first kappa shape index (κ1) is 55.2. The standard InChI is InChI=1S/C47H95N2O6P/c1-6-8-10-12-14-16-18-20-21-22-23-24-25-26-27-29-30-32-34-36-38-40-46(50)45(44-55-56(52,53)54-43-42-49(3,4)5)48-47(51)41-39-37-35-33-31-28-19-17-15-13-11-9-7-2/h38,40,45-46,50H,6-37,39,41-44H2,1-5H3,(H-,48,51,52,53)/b40-38+. The summed E-state index contributed by atoms with van der Waals surface area (Å²) in [7, 11) is 1.27. The number of hydrogen-bond donors (Lipinski definition) is 2. The summed E-state index contributed by atoms with van der Waals surface area (Å²) in [5.41, 5.74) is 0. The number of nitrogens with zero attached hydrogens (tertiary/aromatic N) is 1. The Hall–Kier alpha value is -0.760. The maximum atomic E-state index is 12.8. The largest absolute Gasteiger partial charge is 0.756 e. The number of allylic oxidation sites excluding steroid dienone is 1. The summed E-state index contributed by atoms with van der Waals surface area (Å²) in [6.07, 6.45) is 45.4. The summed E-state index contributed by atoms with van der Waals surface area (Å²) >= 11 is 0. The molecule has 56 heavy (non-hydrogen) atoms. The van der Waals surface area contributed by atoms with E-state index in [0.717, 1.165) is 38.5 Å². The van der Waals surface area contributed by atoms with Crippen LogP contribution in [0, 0.1) is 0 Å². The summed E-state index contributed by atoms with van der Waals surface area (Å²) in [6, 6.07) is -0.880. The van der Waals surface area contributed by atoms with Crippen LogP contribution in [-0.4, -0.2) is 68.5 Å². The molecule has 1 amide bonds. The minimum absolute atomic E-state index is 0.00223. The van der Waals surface area contributed by atoms with Gasteiger partial charge in [-0.2, -0.15) is 0 Å². The van der Waals surface area contributed by atoms with Crippen molar-refractivity contribution in [1.29, 1.82) is 0 Å². The van der Waals surface area contributed by atoms with Crippen LogP contribution in [-0.2, 0) is 18.4 Å². The van der Waals surface area contributed by atoms with E-state index in [1.54, 1.807) is 6.08 Å². The molecule has 0 rings (SSSR count). The van der Waals surface area contributed by atoms with Crippen LogP contribution < -0.4 is 10.2 Å². The molecule has 9 heteroatoms. The summed E-state index contributed by atoms with van der Waals surface area (Å²) in [5, 5.41) is 13.8. The Balaban J connectivity index is 4.31. The number of quaternary nitrogens is 1. The van der Waals surface area contributed by atoms with Crippen LogP contribution >= 0.6 is 7.82 Å². The lowest BCUT2D eigenvalue weighted by Crippen LogP contribution is -2.45. The van der Waals surface area contributed by atoms with E-state index in [4.69, 9.17) is 9.05 Å². The third-order valence-electron chi connectivity index (χ3n) is 11.0. The average molecular weight is 815 g/mol. The molecule has 0 aromatic rings. The number of aliphatic hydroxyl groups is 1. The Kier molecular flexibility index (Phi) is 39.1. The van der Waals surface area contributed by atoms with E-state index in [-0.39, 0.29) is 19.1 Å². The average Bonchev–Trinajstić information content (AvgIpc) is 3.15. The van der Waals surface area contributed by atoms with Gasteiger partial charge in [0.25, 0.3) is 7.82 Å². The smallest absolute Gasteiger partial charge is 0.268 e. The Labute approximate surface area is 348 Å². The van der Waals surface area contributed by atoms with Gasteiger partial charge in [0.05, 0.1) is 39.9 Å². The lowest BCUT2D eigenvalue weighted by Gasteiger charge is -2.29. The summed E-state index contributed by atoms with van der Waals surface area (Å²) in [4.78, 5) is 25.3. The number of carbonyl (C=O) groups excluding carboxylic acids is 1. The van der Waals surface area contributed by atoms with Crippen LogP contribution in [0.3, 0.4) is 0 Å². The second kappa shape index (κ2) is 39.7. The van der Waals surface area contributed by atoms with Gasteiger partial charge in [-0.05, 0) is 19.3 Å². The van der Waals surface area contributed by atoms with Gasteiger partial charge in [0.2, 0.25) is 5.91 Å². The molecule has 334 valence electrons. The Bertz CT molecular complexity index is 927. The summed E-state index contributed by atoms with van der Waals surface area (Å²) in [5.74, 6) is -0.195. The molecule has 0 saturated heterocycles. The first-order chi connectivity index (χ1) is 27.0. The number of unbranched alkanes of at least 4 members (excludes halogenated alkanes) is 31. The van der Waals surface area contributed by atoms with Gasteiger partial charge in [-0.1, -0.05) is 219 Å². The van der Waals surface area contributed by atoms with Gasteiger partial charge in [0.15, 0.2) is 0 Å². The van der Waals surface area contributed by atoms with Crippen LogP contribution in [0.4, 0.5) is 0 Å². The number of carbonyl (C=O) groups is 1. The van der Waals surface area contributed by atoms with E-state index in [1.807, 2.05) is 27.2 Å². The molecular formula is C47H95N2O6P. The molecule has 0 saturated carbocycles. The van der Waals surface area contributed by atoms with Crippen LogP contribution in [0.1, 0.15) is 232 Å². The zero-order valence-corrected chi connectivity index (χ0v) is 38.7. The topological polar surface area (TPSA) is 108 Å². The fourth-order valence-corrected chi connectivity index (χ4v) is 7.88. The number of aliphatic hydroxyl groups excluding tert-OH is 1. The lowest BCUT2D eigenvalue weighted by atomic mass is 10.0. The van der Waals surface area contributed by atoms with Gasteiger partial charge in [-0.3, -0.25) is 9.36 Å². The number of phosphoric acid groups is 1. The molecule has 0 spiro atoms. The normalized spacial score (nSPS) is 14.3. The van der Waals surface area contributed by atoms with Crippen molar-refractivity contribution in [3.05, 3.63) is 12.2 Å². The van der Waals surface area contributed by atoms with Gasteiger partial charge in [0, 0.05) is 6.42 Å². The van der Waals surface area contributed by atoms with Crippen LogP contribution in [0.25, 0.3) is 0 Å². The van der Waals surface area contributed by atoms with E-state index in [2.05, 4.69) is 19.2 Å². The SMILES string of the molecule is CCCCCCCCCCCCCCCCCCCCC/C=C/C(O)C(COP(=O)([O-])OCC[N+](C)(C)C)NC(=O)CCCCCCCCCCCCCCC. The second-order valence-corrected chi connectivity index (χ2v) is 19.2. The highest BCUT2D eigenvalue weighted by molar-refractivity contribution is 7.45. The number of nitrogens with one attached hydrogen (secondary N) is 1. The molecule has 0 bridgehead atoms. The predicted molar refractivity (Wildman–Crippen MR) is 238 cm³/mol. The van der Waals surface area contributed by atoms with Gasteiger partial charge in [-0.15, -0.1) is 0 Å². The fraction of sp³-hybridized carbons (Fsp3) is 0.936. The monoisotopic (exact) mass is 815 g/mol. The molecule has 2 N–H and O–H groups in total. The lowest BCUT2D eigenvalue weighted by molar-refractivity contribution is -0.870. The van der Waals surface area contributed by atoms with Gasteiger partial charge >= 0.3 is 0 Å². The van der Waals surface area contributed by atoms with Crippen molar-refractivity contribution in [2.45, 2.75) is 244 Å². The summed E-state index contributed by atoms with van der Waals surface area (Å²) in [6.45, 7) is 4.67. The maximum absolute atomic E-state index is 12.8. The predicted octanol–water partition coefficient (Wildman–Crippen LogP) is 12.9. The molecule has 3 unspecified atom stereocenters. The molecule has 0 aliphatic heterocycles. The third-order valence-corrected chi connectivity index (χ3v) is 12.0. The molecule has 0 aromatic heterocycles. The van der Waals surface area contributed by atoms with Gasteiger partial charge in [0.1, 0.15) is 13.2 Å². The fourth-order valence-electron chi connectivity index (χ4n) is 7.15. The molecule has 3 atom stereocenters. The van der Waals surface area contributed by atoms with Crippen LogP contribution in [0.5, 0.6) is 0 Å². The zero-order chi connectivity index (χ0) is 41.4. The van der Waals surface area contributed by atoms with E-state index in [9.17, 15) is 19.4 Å². The number of likely N-dealkylation sites (N-methyl/N-ethyl adjacent to an activating group) is 1. The van der Waals surface area contributed by atoms with E-state index >= 15 is 0 Å². The number of amides is 1. The van der Waals surface area contributed by atoms with Crippen LogP contribution in [0.2, 0.25) is 0 Å². The van der Waals surface area contributed by atoms with Gasteiger partial charge in [-0.25, -0.2) is 0 Å². The highest BCUT2D eigenvalue weighted by Gasteiger charge is 2.23.